The highest BCUT2D eigenvalue weighted by molar-refractivity contribution is 7.82. The van der Waals surface area contributed by atoms with Gasteiger partial charge in [-0.25, -0.2) is 33.5 Å². The molecule has 2 aromatic rings. The van der Waals surface area contributed by atoms with E-state index in [1.165, 1.54) is 0 Å². The fourth-order valence-electron chi connectivity index (χ4n) is 6.38. The zero-order valence-corrected chi connectivity index (χ0v) is 43.6. The maximum absolute atomic E-state index is 12.7. The molecule has 4 rings (SSSR count). The number of amides is 2. The van der Waals surface area contributed by atoms with Crippen molar-refractivity contribution in [3.63, 3.8) is 0 Å². The monoisotopic (exact) mass is 1280 g/mol. The van der Waals surface area contributed by atoms with Crippen LogP contribution in [0.2, 0.25) is 0 Å². The summed E-state index contributed by atoms with van der Waals surface area (Å²) in [7, 11) is -45.5. The third-order valence-electron chi connectivity index (χ3n) is 8.93. The largest absolute Gasteiger partial charge is 0.462 e. The summed E-state index contributed by atoms with van der Waals surface area (Å²) in [5.41, 5.74) is -0.0237. The summed E-state index contributed by atoms with van der Waals surface area (Å²) in [5, 5.41) is 4.82. The Morgan fingerprint density at radius 1 is 0.390 bits per heavy atom. The number of carbonyl (C=O) groups is 2. The van der Waals surface area contributed by atoms with Gasteiger partial charge in [-0.3, -0.25) is 46.0 Å². The van der Waals surface area contributed by atoms with E-state index in [0.29, 0.717) is 0 Å². The van der Waals surface area contributed by atoms with E-state index >= 15 is 0 Å². The third kappa shape index (κ3) is 24.4. The molecule has 40 nitrogen and oxygen atoms in total. The average Bonchev–Trinajstić information content (AvgIpc) is 3.22. The summed E-state index contributed by atoms with van der Waals surface area (Å²) in [6.45, 7) is -3.08. The molecule has 10 N–H and O–H groups in total. The van der Waals surface area contributed by atoms with Crippen molar-refractivity contribution in [2.75, 3.05) is 23.8 Å². The number of anilines is 2. The van der Waals surface area contributed by atoms with Crippen LogP contribution in [0.25, 0.3) is 0 Å². The Bertz CT molecular complexity index is 3120. The van der Waals surface area contributed by atoms with E-state index in [4.69, 9.17) is 28.1 Å². The Morgan fingerprint density at radius 2 is 0.649 bits per heavy atom. The van der Waals surface area contributed by atoms with E-state index in [-0.39, 0.29) is 30.6 Å². The van der Waals surface area contributed by atoms with Gasteiger partial charge in [0.2, 0.25) is 24.4 Å². The Kier molecular flexibility index (Phi) is 21.7. The molecule has 2 aliphatic rings. The van der Waals surface area contributed by atoms with Crippen molar-refractivity contribution >= 4 is 106 Å². The van der Waals surface area contributed by atoms with E-state index in [1.54, 1.807) is 0 Å². The minimum Gasteiger partial charge on any atom is -0.462 e. The lowest BCUT2D eigenvalue weighted by atomic mass is 9.99. The van der Waals surface area contributed by atoms with Gasteiger partial charge in [0.1, 0.15) is 48.1 Å². The van der Waals surface area contributed by atoms with Crippen LogP contribution in [0, 0.1) is 0 Å². The maximum Gasteiger partial charge on any atom is 0.397 e. The first kappa shape index (κ1) is 65.4. The van der Waals surface area contributed by atoms with Crippen molar-refractivity contribution in [2.24, 2.45) is 0 Å². The topological polar surface area (TPSA) is 604 Å². The van der Waals surface area contributed by atoms with Gasteiger partial charge >= 0.3 is 83.2 Å². The molecular formula is C29H38N2O38S8. The van der Waals surface area contributed by atoms with Gasteiger partial charge < -0.3 is 29.6 Å². The van der Waals surface area contributed by atoms with Crippen molar-refractivity contribution in [3.05, 3.63) is 48.5 Å². The van der Waals surface area contributed by atoms with Crippen LogP contribution in [0.15, 0.2) is 48.5 Å². The van der Waals surface area contributed by atoms with Gasteiger partial charge in [0, 0.05) is 24.2 Å². The first-order chi connectivity index (χ1) is 34.9. The van der Waals surface area contributed by atoms with Gasteiger partial charge in [-0.2, -0.15) is 67.3 Å². The van der Waals surface area contributed by atoms with Crippen molar-refractivity contribution in [3.8, 4) is 11.5 Å². The van der Waals surface area contributed by atoms with Crippen LogP contribution in [0.5, 0.6) is 11.5 Å². The number of benzene rings is 2. The highest BCUT2D eigenvalue weighted by atomic mass is 32.3. The molecule has 0 spiro atoms. The summed E-state index contributed by atoms with van der Waals surface area (Å²) in [5.74, 6) is -2.32. The summed E-state index contributed by atoms with van der Waals surface area (Å²) in [4.78, 5) is 25.4. The van der Waals surface area contributed by atoms with Gasteiger partial charge in [-0.15, -0.1) is 0 Å². The molecule has 0 unspecified atom stereocenters. The van der Waals surface area contributed by atoms with Crippen LogP contribution in [-0.2, 0) is 136 Å². The van der Waals surface area contributed by atoms with Gasteiger partial charge in [-0.1, -0.05) is 0 Å². The number of rotatable bonds is 28. The van der Waals surface area contributed by atoms with E-state index < -0.39 is 181 Å². The fraction of sp³-hybridized carbons (Fsp3) is 0.517. The maximum atomic E-state index is 12.7. The van der Waals surface area contributed by atoms with Gasteiger partial charge in [0.15, 0.2) is 12.2 Å². The number of hydrogen-bond acceptors (Lipinski definition) is 30. The number of nitrogens with one attached hydrogen (secondary N) is 2. The van der Waals surface area contributed by atoms with Crippen LogP contribution in [0.3, 0.4) is 0 Å². The first-order valence-corrected chi connectivity index (χ1v) is 30.4. The van der Waals surface area contributed by atoms with Crippen LogP contribution >= 0.6 is 0 Å². The number of carbonyl (C=O) groups excluding carboxylic acids is 2. The second-order valence-electron chi connectivity index (χ2n) is 14.7. The normalized spacial score (nSPS) is 25.1. The highest BCUT2D eigenvalue weighted by Gasteiger charge is 2.56. The standard InChI is InChI=1S/C29H38N2O38S8/c32-20(30-14-4-8-16(9-5-14)60-28-26(68-76(52,53)54)24(66-74(46,47)48)22(64-72(40,41)42)18(62-28)12-58-70(34,35)36)2-1-3-21(33)31-15-6-10-17(11-7-15)61-29-27(69-77(55,56)57)25(67-75(49,50)51)23(65-73(43,44)45)19(63-29)13-59-71(37,38)39/h4-11,18-19,22-29H,1-3,12-13H2,(H,30,32)(H,31,33)(H,34,35,36)(H,37,38,39)(H,40,41,42)(H,43,44,45)(H,46,47,48)(H,49,50,51)(H,52,53,54)(H,55,56,57)/t18-,19-,22-,23-,24+,25+,26-,27-,28-,29-/m1/s1. The molecule has 10 atom stereocenters. The van der Waals surface area contributed by atoms with E-state index in [9.17, 15) is 104 Å². The van der Waals surface area contributed by atoms with E-state index in [0.717, 1.165) is 48.5 Å². The summed E-state index contributed by atoms with van der Waals surface area (Å²) < 4.78 is 315. The molecule has 0 saturated carbocycles. The summed E-state index contributed by atoms with van der Waals surface area (Å²) in [6, 6.07) is 8.39. The van der Waals surface area contributed by atoms with Crippen LogP contribution in [0.4, 0.5) is 11.4 Å². The van der Waals surface area contributed by atoms with Crippen molar-refractivity contribution in [2.45, 2.75) is 80.7 Å². The van der Waals surface area contributed by atoms with Crippen molar-refractivity contribution in [1.29, 1.82) is 0 Å². The minimum atomic E-state index is -5.82. The van der Waals surface area contributed by atoms with E-state index in [2.05, 4.69) is 44.1 Å². The molecule has 2 fully saturated rings. The summed E-state index contributed by atoms with van der Waals surface area (Å²) in [6.07, 6.45) is -27.2. The molecule has 0 bridgehead atoms. The number of hydrogen-bond donors (Lipinski definition) is 10. The predicted octanol–water partition coefficient (Wildman–Crippen LogP) is -3.59. The van der Waals surface area contributed by atoms with Gasteiger partial charge in [0.25, 0.3) is 0 Å². The second kappa shape index (κ2) is 25.5. The SMILES string of the molecule is O=C(CCCC(=O)Nc1ccc(O[C@@H]2O[C@H](COS(=O)(=O)O)[C@@H](OS(=O)(=O)O)[C@H](OS(=O)(=O)O)[C@H]2OS(=O)(=O)O)cc1)Nc1ccc(O[C@@H]2O[C@H](COS(=O)(=O)O)[C@@H](OS(=O)(=O)O)[C@H](OS(=O)(=O)O)[C@H]2OS(=O)(=O)O)cc1. The summed E-state index contributed by atoms with van der Waals surface area (Å²) >= 11 is 0. The molecule has 77 heavy (non-hydrogen) atoms. The Morgan fingerprint density at radius 3 is 0.909 bits per heavy atom. The van der Waals surface area contributed by atoms with Gasteiger partial charge in [0.05, 0.1) is 13.2 Å². The third-order valence-corrected chi connectivity index (χ3v) is 12.6. The smallest absolute Gasteiger partial charge is 0.397 e. The fourth-order valence-corrected chi connectivity index (χ4v) is 9.98. The minimum absolute atomic E-state index is 0.0118. The Balaban J connectivity index is 1.42. The molecule has 0 aromatic heterocycles. The molecule has 2 saturated heterocycles. The molecule has 2 heterocycles. The number of ether oxygens (including phenoxy) is 4. The molecule has 440 valence electrons. The van der Waals surface area contributed by atoms with E-state index in [1.807, 2.05) is 0 Å². The van der Waals surface area contributed by atoms with Crippen molar-refractivity contribution in [1.82, 2.24) is 0 Å². The zero-order chi connectivity index (χ0) is 58.3. The molecule has 2 amide bonds. The molecule has 2 aromatic carbocycles. The Hall–Kier alpha value is -4.14. The lowest BCUT2D eigenvalue weighted by Gasteiger charge is -2.42. The highest BCUT2D eigenvalue weighted by Crippen LogP contribution is 2.35. The van der Waals surface area contributed by atoms with Gasteiger partial charge in [-0.05, 0) is 55.0 Å². The molecule has 2 aliphatic heterocycles. The average molecular weight is 1280 g/mol. The zero-order valence-electron chi connectivity index (χ0n) is 37.0. The van der Waals surface area contributed by atoms with Crippen LogP contribution < -0.4 is 20.1 Å². The van der Waals surface area contributed by atoms with Crippen LogP contribution in [-0.4, -0.2) is 190 Å². The van der Waals surface area contributed by atoms with Crippen LogP contribution in [0.1, 0.15) is 19.3 Å². The predicted molar refractivity (Wildman–Crippen MR) is 236 cm³/mol. The van der Waals surface area contributed by atoms with Crippen molar-refractivity contribution < 1.29 is 166 Å². The molecular weight excluding hydrogens is 1240 g/mol. The first-order valence-electron chi connectivity index (χ1n) is 19.5. The molecule has 0 aliphatic carbocycles. The molecule has 48 heteroatoms. The Labute approximate surface area is 434 Å². The lowest BCUT2D eigenvalue weighted by Crippen LogP contribution is -2.63. The quantitative estimate of drug-likeness (QED) is 0.0368. The lowest BCUT2D eigenvalue weighted by molar-refractivity contribution is -0.260. The second-order valence-corrected chi connectivity index (χ2v) is 23.1. The molecule has 0 radical (unpaired) electrons.